The molecule has 4 heteroatoms. The summed E-state index contributed by atoms with van der Waals surface area (Å²) in [6.45, 7) is 1.99. The molecule has 2 rings (SSSR count). The molecule has 0 aromatic carbocycles. The van der Waals surface area contributed by atoms with Gasteiger partial charge in [0.15, 0.2) is 0 Å². The molecular weight excluding hydrogens is 190 g/mol. The number of hydrogen-bond donors (Lipinski definition) is 1. The second-order valence-electron chi connectivity index (χ2n) is 4.61. The largest absolute Gasteiger partial charge is 0.328 e. The molecule has 84 valence electrons. The first kappa shape index (κ1) is 10.5. The molecule has 0 amide bonds. The normalized spacial score (nSPS) is 26.9. The average Bonchev–Trinajstić information content (AvgIpc) is 2.41. The van der Waals surface area contributed by atoms with Gasteiger partial charge in [0.1, 0.15) is 0 Å². The number of nitrogens with two attached hydrogens (primary N) is 1. The molecule has 1 aliphatic carbocycles. The molecule has 15 heavy (non-hydrogen) atoms. The van der Waals surface area contributed by atoms with E-state index in [9.17, 15) is 4.79 Å². The van der Waals surface area contributed by atoms with Gasteiger partial charge < -0.3 is 10.3 Å². The van der Waals surface area contributed by atoms with Crippen molar-refractivity contribution in [2.45, 2.75) is 44.7 Å². The van der Waals surface area contributed by atoms with Crippen molar-refractivity contribution in [2.24, 2.45) is 12.8 Å². The van der Waals surface area contributed by atoms with E-state index in [0.717, 1.165) is 31.4 Å². The minimum atomic E-state index is 0.0894. The van der Waals surface area contributed by atoms with E-state index in [1.54, 1.807) is 11.6 Å². The molecule has 0 bridgehead atoms. The fraction of sp³-hybridized carbons (Fsp3) is 0.727. The molecule has 0 saturated heterocycles. The van der Waals surface area contributed by atoms with Crippen molar-refractivity contribution in [3.05, 3.63) is 22.4 Å². The summed E-state index contributed by atoms with van der Waals surface area (Å²) in [6.07, 6.45) is 6.13. The Morgan fingerprint density at radius 1 is 1.47 bits per heavy atom. The maximum atomic E-state index is 11.9. The molecule has 0 aliphatic heterocycles. The van der Waals surface area contributed by atoms with E-state index in [0.29, 0.717) is 6.04 Å². The molecule has 2 unspecified atom stereocenters. The highest BCUT2D eigenvalue weighted by Gasteiger charge is 2.23. The van der Waals surface area contributed by atoms with E-state index in [1.165, 1.54) is 0 Å². The van der Waals surface area contributed by atoms with Gasteiger partial charge in [-0.25, -0.2) is 4.79 Å². The average molecular weight is 209 g/mol. The van der Waals surface area contributed by atoms with Crippen LogP contribution in [0.1, 0.15) is 37.4 Å². The molecule has 2 atom stereocenters. The van der Waals surface area contributed by atoms with Gasteiger partial charge in [-0.3, -0.25) is 4.57 Å². The Bertz CT molecular complexity index is 404. The maximum absolute atomic E-state index is 11.9. The van der Waals surface area contributed by atoms with Crippen LogP contribution in [-0.2, 0) is 7.05 Å². The number of hydrogen-bond acceptors (Lipinski definition) is 2. The zero-order chi connectivity index (χ0) is 11.0. The van der Waals surface area contributed by atoms with Crippen molar-refractivity contribution in [1.82, 2.24) is 9.13 Å². The van der Waals surface area contributed by atoms with Crippen molar-refractivity contribution < 1.29 is 0 Å². The van der Waals surface area contributed by atoms with Crippen LogP contribution in [0.5, 0.6) is 0 Å². The van der Waals surface area contributed by atoms with Gasteiger partial charge in [0.2, 0.25) is 0 Å². The van der Waals surface area contributed by atoms with Crippen LogP contribution in [0.2, 0.25) is 0 Å². The SMILES string of the molecule is Cc1cn(C)c(=O)n1C1CCCC(N)C1. The van der Waals surface area contributed by atoms with E-state index >= 15 is 0 Å². The Kier molecular flexibility index (Phi) is 2.69. The summed E-state index contributed by atoms with van der Waals surface area (Å²) in [4.78, 5) is 11.9. The topological polar surface area (TPSA) is 53.0 Å². The summed E-state index contributed by atoms with van der Waals surface area (Å²) in [6, 6.07) is 0.567. The van der Waals surface area contributed by atoms with E-state index in [4.69, 9.17) is 5.73 Å². The van der Waals surface area contributed by atoms with Crippen LogP contribution in [0.4, 0.5) is 0 Å². The first-order valence-corrected chi connectivity index (χ1v) is 5.59. The number of aromatic nitrogens is 2. The highest BCUT2D eigenvalue weighted by Crippen LogP contribution is 2.27. The van der Waals surface area contributed by atoms with Crippen LogP contribution in [0, 0.1) is 6.92 Å². The van der Waals surface area contributed by atoms with Crippen molar-refractivity contribution >= 4 is 0 Å². The predicted octanol–water partition coefficient (Wildman–Crippen LogP) is 0.938. The third-order valence-electron chi connectivity index (χ3n) is 3.32. The number of rotatable bonds is 1. The number of aryl methyl sites for hydroxylation is 2. The zero-order valence-electron chi connectivity index (χ0n) is 9.44. The molecule has 1 saturated carbocycles. The van der Waals surface area contributed by atoms with Crippen LogP contribution in [0.15, 0.2) is 11.0 Å². The number of imidazole rings is 1. The smallest absolute Gasteiger partial charge is 0.328 e. The van der Waals surface area contributed by atoms with Gasteiger partial charge in [-0.05, 0) is 32.6 Å². The first-order valence-electron chi connectivity index (χ1n) is 5.59. The fourth-order valence-electron chi connectivity index (χ4n) is 2.60. The molecule has 2 N–H and O–H groups in total. The lowest BCUT2D eigenvalue weighted by Gasteiger charge is -2.27. The third kappa shape index (κ3) is 1.86. The van der Waals surface area contributed by atoms with Crippen LogP contribution < -0.4 is 11.4 Å². The van der Waals surface area contributed by atoms with Crippen LogP contribution in [-0.4, -0.2) is 15.2 Å². The summed E-state index contributed by atoms with van der Waals surface area (Å²) < 4.78 is 3.55. The van der Waals surface area contributed by atoms with Crippen molar-refractivity contribution in [3.8, 4) is 0 Å². The summed E-state index contributed by atoms with van der Waals surface area (Å²) in [5.74, 6) is 0. The molecule has 4 nitrogen and oxygen atoms in total. The fourth-order valence-corrected chi connectivity index (χ4v) is 2.60. The van der Waals surface area contributed by atoms with Gasteiger partial charge in [0.25, 0.3) is 0 Å². The van der Waals surface area contributed by atoms with Gasteiger partial charge in [-0.2, -0.15) is 0 Å². The highest BCUT2D eigenvalue weighted by atomic mass is 16.1. The van der Waals surface area contributed by atoms with Crippen molar-refractivity contribution in [3.63, 3.8) is 0 Å². The summed E-state index contributed by atoms with van der Waals surface area (Å²) in [7, 11) is 1.80. The van der Waals surface area contributed by atoms with Gasteiger partial charge in [-0.15, -0.1) is 0 Å². The Morgan fingerprint density at radius 3 is 2.73 bits per heavy atom. The lowest BCUT2D eigenvalue weighted by atomic mass is 9.91. The Hall–Kier alpha value is -1.03. The quantitative estimate of drug-likeness (QED) is 0.748. The Morgan fingerprint density at radius 2 is 2.20 bits per heavy atom. The molecule has 0 spiro atoms. The third-order valence-corrected chi connectivity index (χ3v) is 3.32. The first-order chi connectivity index (χ1) is 7.09. The zero-order valence-corrected chi connectivity index (χ0v) is 9.44. The van der Waals surface area contributed by atoms with Gasteiger partial charge >= 0.3 is 5.69 Å². The maximum Gasteiger partial charge on any atom is 0.328 e. The minimum absolute atomic E-state index is 0.0894. The lowest BCUT2D eigenvalue weighted by molar-refractivity contribution is 0.310. The van der Waals surface area contributed by atoms with Crippen molar-refractivity contribution in [2.75, 3.05) is 0 Å². The molecule has 1 heterocycles. The Balaban J connectivity index is 2.32. The predicted molar refractivity (Wildman–Crippen MR) is 59.9 cm³/mol. The van der Waals surface area contributed by atoms with Crippen LogP contribution in [0.25, 0.3) is 0 Å². The minimum Gasteiger partial charge on any atom is -0.328 e. The second-order valence-corrected chi connectivity index (χ2v) is 4.61. The van der Waals surface area contributed by atoms with Crippen molar-refractivity contribution in [1.29, 1.82) is 0 Å². The Labute approximate surface area is 89.7 Å². The molecule has 1 fully saturated rings. The van der Waals surface area contributed by atoms with E-state index < -0.39 is 0 Å². The molecule has 0 radical (unpaired) electrons. The molecule has 1 aromatic rings. The van der Waals surface area contributed by atoms with E-state index in [-0.39, 0.29) is 11.7 Å². The van der Waals surface area contributed by atoms with Gasteiger partial charge in [0.05, 0.1) is 0 Å². The van der Waals surface area contributed by atoms with E-state index in [1.807, 2.05) is 17.7 Å². The lowest BCUT2D eigenvalue weighted by Crippen LogP contribution is -2.34. The standard InChI is InChI=1S/C11H19N3O/c1-8-7-13(2)11(15)14(8)10-5-3-4-9(12)6-10/h7,9-10H,3-6,12H2,1-2H3. The molecule has 1 aromatic heterocycles. The summed E-state index contributed by atoms with van der Waals surface area (Å²) in [5, 5.41) is 0. The second kappa shape index (κ2) is 3.85. The number of nitrogens with zero attached hydrogens (tertiary/aromatic N) is 2. The van der Waals surface area contributed by atoms with E-state index in [2.05, 4.69) is 0 Å². The summed E-state index contributed by atoms with van der Waals surface area (Å²) in [5.41, 5.74) is 7.08. The van der Waals surface area contributed by atoms with Gasteiger partial charge in [0, 0.05) is 31.0 Å². The monoisotopic (exact) mass is 209 g/mol. The van der Waals surface area contributed by atoms with Crippen LogP contribution >= 0.6 is 0 Å². The summed E-state index contributed by atoms with van der Waals surface area (Å²) >= 11 is 0. The molecule has 1 aliphatic rings. The van der Waals surface area contributed by atoms with Crippen LogP contribution in [0.3, 0.4) is 0 Å². The molecular formula is C11H19N3O. The van der Waals surface area contributed by atoms with Gasteiger partial charge in [-0.1, -0.05) is 0 Å². The highest BCUT2D eigenvalue weighted by molar-refractivity contribution is 5.00.